The second-order valence-corrected chi connectivity index (χ2v) is 7.45. The molecule has 2 heterocycles. The molecule has 0 radical (unpaired) electrons. The number of imidazole rings is 1. The van der Waals surface area contributed by atoms with Gasteiger partial charge < -0.3 is 29.0 Å². The van der Waals surface area contributed by atoms with Crippen molar-refractivity contribution >= 4 is 29.9 Å². The molecule has 0 spiro atoms. The monoisotopic (exact) mass is 543 g/mol. The maximum atomic E-state index is 5.61. The summed E-state index contributed by atoms with van der Waals surface area (Å²) >= 11 is 0. The van der Waals surface area contributed by atoms with Crippen molar-refractivity contribution in [2.75, 3.05) is 41.0 Å². The Balaban J connectivity index is 0.00000341. The highest BCUT2D eigenvalue weighted by atomic mass is 127. The number of nitrogens with one attached hydrogen (secondary N) is 1. The summed E-state index contributed by atoms with van der Waals surface area (Å²) < 4.78 is 18.7. The van der Waals surface area contributed by atoms with Crippen LogP contribution in [0.1, 0.15) is 31.9 Å². The molecule has 0 amide bonds. The predicted molar refractivity (Wildman–Crippen MR) is 133 cm³/mol. The summed E-state index contributed by atoms with van der Waals surface area (Å²) in [5, 5.41) is 3.45. The van der Waals surface area contributed by atoms with E-state index in [9.17, 15) is 0 Å². The van der Waals surface area contributed by atoms with Gasteiger partial charge in [0.15, 0.2) is 17.5 Å². The first-order chi connectivity index (χ1) is 14.6. The first kappa shape index (κ1) is 25.1. The molecule has 1 aliphatic rings. The van der Waals surface area contributed by atoms with Crippen LogP contribution < -0.4 is 19.5 Å². The number of hydrogen-bond acceptors (Lipinski definition) is 5. The molecule has 2 atom stereocenters. The van der Waals surface area contributed by atoms with Crippen molar-refractivity contribution in [2.24, 2.45) is 10.9 Å². The Kier molecular flexibility index (Phi) is 9.73. The Morgan fingerprint density at radius 3 is 2.58 bits per heavy atom. The van der Waals surface area contributed by atoms with Crippen LogP contribution in [0.3, 0.4) is 0 Å². The quantitative estimate of drug-likeness (QED) is 0.327. The Morgan fingerprint density at radius 1 is 1.19 bits per heavy atom. The van der Waals surface area contributed by atoms with Gasteiger partial charge in [0.25, 0.3) is 0 Å². The van der Waals surface area contributed by atoms with Crippen LogP contribution >= 0.6 is 24.0 Å². The molecular formula is C22H34IN5O3. The third kappa shape index (κ3) is 5.75. The van der Waals surface area contributed by atoms with Gasteiger partial charge in [-0.3, -0.25) is 0 Å². The molecule has 2 aromatic rings. The molecule has 172 valence electrons. The predicted octanol–water partition coefficient (Wildman–Crippen LogP) is 3.58. The molecule has 3 rings (SSSR count). The lowest BCUT2D eigenvalue weighted by Gasteiger charge is -2.39. The number of halogens is 1. The summed E-state index contributed by atoms with van der Waals surface area (Å²) in [5.74, 6) is 3.38. The molecule has 2 unspecified atom stereocenters. The topological polar surface area (TPSA) is 73.1 Å². The molecule has 9 heteroatoms. The van der Waals surface area contributed by atoms with Gasteiger partial charge >= 0.3 is 0 Å². The first-order valence-corrected chi connectivity index (χ1v) is 10.4. The molecule has 1 saturated heterocycles. The lowest BCUT2D eigenvalue weighted by Crippen LogP contribution is -2.49. The number of aliphatic imine (C=N–C) groups is 1. The zero-order valence-electron chi connectivity index (χ0n) is 19.0. The lowest BCUT2D eigenvalue weighted by atomic mass is 9.93. The number of methoxy groups -OCH3 is 3. The highest BCUT2D eigenvalue weighted by Gasteiger charge is 2.29. The van der Waals surface area contributed by atoms with Crippen LogP contribution in [-0.4, -0.2) is 61.4 Å². The molecule has 0 aliphatic carbocycles. The highest BCUT2D eigenvalue weighted by molar-refractivity contribution is 14.0. The van der Waals surface area contributed by atoms with Crippen LogP contribution in [0.25, 0.3) is 0 Å². The zero-order valence-corrected chi connectivity index (χ0v) is 21.3. The number of rotatable bonds is 7. The van der Waals surface area contributed by atoms with Gasteiger partial charge in [-0.15, -0.1) is 24.0 Å². The summed E-state index contributed by atoms with van der Waals surface area (Å²) in [6, 6.07) is 4.23. The molecule has 0 saturated carbocycles. The van der Waals surface area contributed by atoms with E-state index in [2.05, 4.69) is 33.6 Å². The summed E-state index contributed by atoms with van der Waals surface area (Å²) in [5.41, 5.74) is 0.946. The third-order valence-corrected chi connectivity index (χ3v) is 5.65. The molecule has 0 bridgehead atoms. The maximum Gasteiger partial charge on any atom is 0.203 e. The minimum atomic E-state index is 0. The van der Waals surface area contributed by atoms with E-state index in [0.717, 1.165) is 37.6 Å². The van der Waals surface area contributed by atoms with Gasteiger partial charge in [-0.25, -0.2) is 9.98 Å². The largest absolute Gasteiger partial charge is 0.493 e. The summed E-state index contributed by atoms with van der Waals surface area (Å²) in [7, 11) is 4.87. The lowest BCUT2D eigenvalue weighted by molar-refractivity contribution is 0.189. The van der Waals surface area contributed by atoms with E-state index in [0.29, 0.717) is 35.8 Å². The normalized spacial score (nSPS) is 18.9. The van der Waals surface area contributed by atoms with Gasteiger partial charge in [0, 0.05) is 37.6 Å². The second kappa shape index (κ2) is 12.0. The molecular weight excluding hydrogens is 509 g/mol. The number of hydrogen-bond donors (Lipinski definition) is 1. The van der Waals surface area contributed by atoms with E-state index in [1.54, 1.807) is 21.3 Å². The van der Waals surface area contributed by atoms with Crippen molar-refractivity contribution in [1.82, 2.24) is 19.8 Å². The minimum Gasteiger partial charge on any atom is -0.493 e. The SMILES string of the molecule is CCNC(=NCc1ccc(OC)c(OC)c1OC)N1CCC(C)C(n2ccnc2)C1.I. The number of nitrogens with zero attached hydrogens (tertiary/aromatic N) is 4. The highest BCUT2D eigenvalue weighted by Crippen LogP contribution is 2.40. The fourth-order valence-electron chi connectivity index (χ4n) is 3.97. The van der Waals surface area contributed by atoms with Crippen LogP contribution in [-0.2, 0) is 6.54 Å². The number of piperidine rings is 1. The minimum absolute atomic E-state index is 0. The Morgan fingerprint density at radius 2 is 1.97 bits per heavy atom. The number of ether oxygens (including phenoxy) is 3. The van der Waals surface area contributed by atoms with Gasteiger partial charge in [-0.1, -0.05) is 6.92 Å². The average Bonchev–Trinajstić information content (AvgIpc) is 3.31. The van der Waals surface area contributed by atoms with E-state index in [1.165, 1.54) is 0 Å². The number of guanidine groups is 1. The standard InChI is InChI=1S/C22H33N5O3.HI/c1-6-24-22(26-11-9-16(2)18(14-26)27-12-10-23-15-27)25-13-17-7-8-19(28-3)21(30-5)20(17)29-4;/h7-8,10,12,15-16,18H,6,9,11,13-14H2,1-5H3,(H,24,25);1H. The number of benzene rings is 1. The Hall–Kier alpha value is -2.17. The second-order valence-electron chi connectivity index (χ2n) is 7.45. The van der Waals surface area contributed by atoms with Crippen LogP contribution in [0.5, 0.6) is 17.2 Å². The molecule has 1 fully saturated rings. The van der Waals surface area contributed by atoms with E-state index in [4.69, 9.17) is 19.2 Å². The molecule has 1 N–H and O–H groups in total. The number of likely N-dealkylation sites (tertiary alicyclic amines) is 1. The van der Waals surface area contributed by atoms with Crippen molar-refractivity contribution in [2.45, 2.75) is 32.9 Å². The van der Waals surface area contributed by atoms with Gasteiger partial charge in [0.05, 0.1) is 40.2 Å². The van der Waals surface area contributed by atoms with Gasteiger partial charge in [0.2, 0.25) is 5.75 Å². The van der Waals surface area contributed by atoms with Gasteiger partial charge in [-0.2, -0.15) is 0 Å². The van der Waals surface area contributed by atoms with Crippen molar-refractivity contribution < 1.29 is 14.2 Å². The Bertz CT molecular complexity index is 844. The summed E-state index contributed by atoms with van der Waals surface area (Å²) in [6.07, 6.45) is 6.90. The third-order valence-electron chi connectivity index (χ3n) is 5.65. The molecule has 8 nitrogen and oxygen atoms in total. The average molecular weight is 543 g/mol. The molecule has 31 heavy (non-hydrogen) atoms. The van der Waals surface area contributed by atoms with E-state index in [-0.39, 0.29) is 24.0 Å². The first-order valence-electron chi connectivity index (χ1n) is 10.4. The smallest absolute Gasteiger partial charge is 0.203 e. The zero-order chi connectivity index (χ0) is 21.5. The Labute approximate surface area is 202 Å². The van der Waals surface area contributed by atoms with Crippen LogP contribution in [0, 0.1) is 5.92 Å². The van der Waals surface area contributed by atoms with Crippen molar-refractivity contribution in [3.63, 3.8) is 0 Å². The van der Waals surface area contributed by atoms with Crippen LogP contribution in [0.4, 0.5) is 0 Å². The summed E-state index contributed by atoms with van der Waals surface area (Å²) in [6.45, 7) is 7.55. The molecule has 1 aliphatic heterocycles. The van der Waals surface area contributed by atoms with Crippen molar-refractivity contribution in [3.8, 4) is 17.2 Å². The van der Waals surface area contributed by atoms with Gasteiger partial charge in [-0.05, 0) is 31.4 Å². The summed E-state index contributed by atoms with van der Waals surface area (Å²) in [4.78, 5) is 11.5. The fraction of sp³-hybridized carbons (Fsp3) is 0.545. The molecule has 1 aromatic heterocycles. The van der Waals surface area contributed by atoms with Crippen molar-refractivity contribution in [1.29, 1.82) is 0 Å². The van der Waals surface area contributed by atoms with Crippen molar-refractivity contribution in [3.05, 3.63) is 36.4 Å². The van der Waals surface area contributed by atoms with E-state index in [1.807, 2.05) is 30.9 Å². The van der Waals surface area contributed by atoms with E-state index < -0.39 is 0 Å². The van der Waals surface area contributed by atoms with Crippen LogP contribution in [0.15, 0.2) is 35.8 Å². The van der Waals surface area contributed by atoms with Gasteiger partial charge in [0.1, 0.15) is 0 Å². The van der Waals surface area contributed by atoms with Crippen LogP contribution in [0.2, 0.25) is 0 Å². The maximum absolute atomic E-state index is 5.61. The van der Waals surface area contributed by atoms with E-state index >= 15 is 0 Å². The number of aromatic nitrogens is 2. The fourth-order valence-corrected chi connectivity index (χ4v) is 3.97. The molecule has 1 aromatic carbocycles.